The average Bonchev–Trinajstić information content (AvgIpc) is 3.59. The molecule has 0 aliphatic carbocycles. The van der Waals surface area contributed by atoms with E-state index in [1.54, 1.807) is 48.3 Å². The summed E-state index contributed by atoms with van der Waals surface area (Å²) >= 11 is 0. The lowest BCUT2D eigenvalue weighted by atomic mass is 9.99. The lowest BCUT2D eigenvalue weighted by molar-refractivity contribution is -0.136. The fraction of sp³-hybridized carbons (Fsp3) is 0.194. The molecule has 198 valence electrons. The maximum absolute atomic E-state index is 13.9. The number of carbonyl (C=O) groups excluding carboxylic acids is 3. The van der Waals surface area contributed by atoms with E-state index in [2.05, 4.69) is 5.32 Å². The van der Waals surface area contributed by atoms with Crippen LogP contribution in [0.3, 0.4) is 0 Å². The zero-order valence-electron chi connectivity index (χ0n) is 21.7. The van der Waals surface area contributed by atoms with Crippen molar-refractivity contribution in [1.29, 1.82) is 0 Å². The molecule has 2 atom stereocenters. The Bertz CT molecular complexity index is 1430. The topological polar surface area (TPSA) is 92.1 Å². The fourth-order valence-corrected chi connectivity index (χ4v) is 4.60. The van der Waals surface area contributed by atoms with Crippen LogP contribution in [0.5, 0.6) is 0 Å². The number of carbonyl (C=O) groups is 3. The van der Waals surface area contributed by atoms with Gasteiger partial charge in [-0.1, -0.05) is 72.3 Å². The van der Waals surface area contributed by atoms with Gasteiger partial charge < -0.3 is 19.4 Å². The first-order chi connectivity index (χ1) is 18.9. The van der Waals surface area contributed by atoms with Gasteiger partial charge in [0, 0.05) is 19.3 Å². The van der Waals surface area contributed by atoms with Gasteiger partial charge in [0.1, 0.15) is 0 Å². The molecule has 5 rings (SSSR count). The Labute approximate surface area is 226 Å². The Balaban J connectivity index is 1.40. The molecule has 0 saturated carbocycles. The maximum atomic E-state index is 13.9. The molecule has 1 aliphatic heterocycles. The molecular formula is C31H29N3O5. The van der Waals surface area contributed by atoms with Crippen LogP contribution in [0.25, 0.3) is 0 Å². The summed E-state index contributed by atoms with van der Waals surface area (Å²) < 4.78 is 10.9. The van der Waals surface area contributed by atoms with E-state index in [0.29, 0.717) is 17.8 Å². The zero-order valence-corrected chi connectivity index (χ0v) is 21.7. The maximum Gasteiger partial charge on any atom is 0.411 e. The minimum absolute atomic E-state index is 0.197. The minimum atomic E-state index is -0.865. The van der Waals surface area contributed by atoms with Gasteiger partial charge in [0.25, 0.3) is 5.91 Å². The van der Waals surface area contributed by atoms with Crippen molar-refractivity contribution in [3.63, 3.8) is 0 Å². The molecule has 0 unspecified atom stereocenters. The predicted molar refractivity (Wildman–Crippen MR) is 146 cm³/mol. The van der Waals surface area contributed by atoms with Crippen LogP contribution in [0, 0.1) is 6.92 Å². The van der Waals surface area contributed by atoms with Gasteiger partial charge in [-0.15, -0.1) is 0 Å². The number of aryl methyl sites for hydroxylation is 1. The molecule has 1 aromatic heterocycles. The van der Waals surface area contributed by atoms with Crippen LogP contribution in [0.15, 0.2) is 102 Å². The molecule has 1 saturated heterocycles. The summed E-state index contributed by atoms with van der Waals surface area (Å²) in [4.78, 5) is 42.4. The molecule has 1 fully saturated rings. The number of ether oxygens (including phenoxy) is 1. The highest BCUT2D eigenvalue weighted by atomic mass is 16.6. The van der Waals surface area contributed by atoms with Gasteiger partial charge >= 0.3 is 6.09 Å². The molecule has 0 spiro atoms. The van der Waals surface area contributed by atoms with E-state index >= 15 is 0 Å². The van der Waals surface area contributed by atoms with Crippen LogP contribution in [-0.2, 0) is 22.6 Å². The van der Waals surface area contributed by atoms with Crippen molar-refractivity contribution in [3.8, 4) is 0 Å². The van der Waals surface area contributed by atoms with E-state index in [4.69, 9.17) is 9.15 Å². The normalized spacial score (nSPS) is 16.6. The molecule has 1 aliphatic rings. The third-order valence-corrected chi connectivity index (χ3v) is 6.69. The van der Waals surface area contributed by atoms with Crippen molar-refractivity contribution >= 4 is 23.6 Å². The molecular weight excluding hydrogens is 494 g/mol. The van der Waals surface area contributed by atoms with Crippen LogP contribution in [0.2, 0.25) is 0 Å². The van der Waals surface area contributed by atoms with Crippen molar-refractivity contribution in [2.45, 2.75) is 32.2 Å². The van der Waals surface area contributed by atoms with E-state index in [-0.39, 0.29) is 24.1 Å². The summed E-state index contributed by atoms with van der Waals surface area (Å²) in [5.74, 6) is -0.403. The smallest absolute Gasteiger partial charge is 0.411 e. The van der Waals surface area contributed by atoms with E-state index in [0.717, 1.165) is 16.7 Å². The molecule has 39 heavy (non-hydrogen) atoms. The summed E-state index contributed by atoms with van der Waals surface area (Å²) in [6, 6.07) is 26.8. The number of hydrogen-bond donors (Lipinski definition) is 1. The van der Waals surface area contributed by atoms with Crippen LogP contribution in [-0.4, -0.2) is 40.8 Å². The lowest BCUT2D eigenvalue weighted by Crippen LogP contribution is -2.46. The van der Waals surface area contributed by atoms with Crippen LogP contribution in [0.4, 0.5) is 10.5 Å². The largest absolute Gasteiger partial charge is 0.459 e. The number of benzene rings is 3. The Morgan fingerprint density at radius 3 is 2.28 bits per heavy atom. The highest BCUT2D eigenvalue weighted by molar-refractivity contribution is 6.02. The van der Waals surface area contributed by atoms with Crippen molar-refractivity contribution in [1.82, 2.24) is 9.80 Å². The summed E-state index contributed by atoms with van der Waals surface area (Å²) in [6.07, 6.45) is 0.0616. The molecule has 8 nitrogen and oxygen atoms in total. The number of hydrogen-bond acceptors (Lipinski definition) is 5. The number of likely N-dealkylation sites (N-methyl/N-ethyl adjacent to an activating group) is 1. The molecule has 4 aromatic rings. The number of anilines is 1. The van der Waals surface area contributed by atoms with E-state index in [1.165, 1.54) is 11.2 Å². The monoisotopic (exact) mass is 523 g/mol. The van der Waals surface area contributed by atoms with E-state index in [1.807, 2.05) is 61.5 Å². The Hall–Kier alpha value is -4.85. The predicted octanol–water partition coefficient (Wildman–Crippen LogP) is 5.56. The Kier molecular flexibility index (Phi) is 7.45. The molecule has 8 heteroatoms. The first-order valence-electron chi connectivity index (χ1n) is 12.7. The second-order valence-corrected chi connectivity index (χ2v) is 9.60. The molecule has 2 heterocycles. The summed E-state index contributed by atoms with van der Waals surface area (Å²) in [5.41, 5.74) is 4.19. The van der Waals surface area contributed by atoms with Gasteiger partial charge in [-0.2, -0.15) is 0 Å². The summed E-state index contributed by atoms with van der Waals surface area (Å²) in [6.45, 7) is 2.63. The number of cyclic esters (lactones) is 1. The van der Waals surface area contributed by atoms with Gasteiger partial charge in [0.05, 0.1) is 12.8 Å². The van der Waals surface area contributed by atoms with Crippen molar-refractivity contribution in [3.05, 3.63) is 125 Å². The quantitative estimate of drug-likeness (QED) is 0.326. The van der Waals surface area contributed by atoms with Crippen LogP contribution < -0.4 is 5.32 Å². The number of nitrogens with one attached hydrogen (secondary N) is 1. The van der Waals surface area contributed by atoms with Gasteiger partial charge in [0.2, 0.25) is 5.91 Å². The molecule has 3 aromatic carbocycles. The fourth-order valence-electron chi connectivity index (χ4n) is 4.60. The lowest BCUT2D eigenvalue weighted by Gasteiger charge is -2.28. The highest BCUT2D eigenvalue weighted by Crippen LogP contribution is 2.35. The SMILES string of the molecule is Cc1ccc(CN2C(=O)O[C@@H](c3ccc(NC(=O)c4ccco4)cc3)[C@H]2C(=O)N(C)Cc2ccccc2)cc1. The molecule has 3 amide bonds. The first kappa shape index (κ1) is 25.8. The van der Waals surface area contributed by atoms with Gasteiger partial charge in [-0.25, -0.2) is 4.79 Å². The molecule has 0 bridgehead atoms. The van der Waals surface area contributed by atoms with Crippen LogP contribution in [0.1, 0.15) is 38.9 Å². The molecule has 0 radical (unpaired) electrons. The highest BCUT2D eigenvalue weighted by Gasteiger charge is 2.48. The number of rotatable bonds is 8. The zero-order chi connectivity index (χ0) is 27.4. The van der Waals surface area contributed by atoms with E-state index < -0.39 is 18.2 Å². The second kappa shape index (κ2) is 11.3. The van der Waals surface area contributed by atoms with E-state index in [9.17, 15) is 14.4 Å². The second-order valence-electron chi connectivity index (χ2n) is 9.60. The average molecular weight is 524 g/mol. The Morgan fingerprint density at radius 2 is 1.62 bits per heavy atom. The third-order valence-electron chi connectivity index (χ3n) is 6.69. The van der Waals surface area contributed by atoms with Crippen molar-refractivity contribution in [2.75, 3.05) is 12.4 Å². The number of furan rings is 1. The minimum Gasteiger partial charge on any atom is -0.459 e. The van der Waals surface area contributed by atoms with Gasteiger partial charge in [0.15, 0.2) is 17.9 Å². The molecule has 1 N–H and O–H groups in total. The Morgan fingerprint density at radius 1 is 0.897 bits per heavy atom. The van der Waals surface area contributed by atoms with Crippen molar-refractivity contribution < 1.29 is 23.5 Å². The van der Waals surface area contributed by atoms with Gasteiger partial charge in [-0.3, -0.25) is 14.5 Å². The standard InChI is InChI=1S/C31H29N3O5/c1-21-10-12-23(13-11-21)20-34-27(30(36)33(2)19-22-7-4-3-5-8-22)28(39-31(34)37)24-14-16-25(17-15-24)32-29(35)26-9-6-18-38-26/h3-18,27-28H,19-20H2,1-2H3,(H,32,35)/t27-,28-/m0/s1. The van der Waals surface area contributed by atoms with Crippen molar-refractivity contribution in [2.24, 2.45) is 0 Å². The van der Waals surface area contributed by atoms with Gasteiger partial charge in [-0.05, 0) is 47.9 Å². The third kappa shape index (κ3) is 5.85. The number of amides is 3. The van der Waals surface area contributed by atoms with Crippen LogP contribution >= 0.6 is 0 Å². The summed E-state index contributed by atoms with van der Waals surface area (Å²) in [7, 11) is 1.73. The first-order valence-corrected chi connectivity index (χ1v) is 12.7. The summed E-state index contributed by atoms with van der Waals surface area (Å²) in [5, 5.41) is 2.77. The number of nitrogens with zero attached hydrogens (tertiary/aromatic N) is 2.